The molecule has 0 radical (unpaired) electrons. The van der Waals surface area contributed by atoms with Crippen LogP contribution in [0.3, 0.4) is 0 Å². The number of hydrogen-bond acceptors (Lipinski definition) is 1. The lowest BCUT2D eigenvalue weighted by molar-refractivity contribution is 0.588. The van der Waals surface area contributed by atoms with Crippen LogP contribution in [0.2, 0.25) is 0 Å². The fourth-order valence-corrected chi connectivity index (χ4v) is 2.99. The van der Waals surface area contributed by atoms with Crippen molar-refractivity contribution in [1.29, 1.82) is 0 Å². The van der Waals surface area contributed by atoms with E-state index in [1.807, 2.05) is 6.07 Å². The molecule has 0 spiro atoms. The lowest BCUT2D eigenvalue weighted by Gasteiger charge is -2.14. The minimum absolute atomic E-state index is 0.346. The Labute approximate surface area is 124 Å². The Balaban J connectivity index is 1.91. The van der Waals surface area contributed by atoms with E-state index >= 15 is 0 Å². The summed E-state index contributed by atoms with van der Waals surface area (Å²) in [6.07, 6.45) is 1.45. The summed E-state index contributed by atoms with van der Waals surface area (Å²) in [4.78, 5) is 0. The summed E-state index contributed by atoms with van der Waals surface area (Å²) in [7, 11) is 0. The largest absolute Gasteiger partial charge is 0.316 e. The van der Waals surface area contributed by atoms with E-state index in [4.69, 9.17) is 0 Å². The first-order valence-corrected chi connectivity index (χ1v) is 7.40. The maximum atomic E-state index is 13.8. The lowest BCUT2D eigenvalue weighted by atomic mass is 9.91. The average molecular weight is 287 g/mol. The zero-order chi connectivity index (χ0) is 14.8. The predicted molar refractivity (Wildman–Crippen MR) is 80.6 cm³/mol. The zero-order valence-corrected chi connectivity index (χ0v) is 12.1. The first-order valence-electron chi connectivity index (χ1n) is 7.40. The Bertz CT molecular complexity index is 652. The van der Waals surface area contributed by atoms with Crippen LogP contribution in [0, 0.1) is 11.6 Å². The lowest BCUT2D eigenvalue weighted by Crippen LogP contribution is -2.18. The van der Waals surface area contributed by atoms with E-state index in [2.05, 4.69) is 24.4 Å². The van der Waals surface area contributed by atoms with Crippen LogP contribution in [0.15, 0.2) is 36.4 Å². The molecule has 2 aromatic carbocycles. The standard InChI is InChI=1S/C18H19F2N/c1-12-11-21-7-6-14-3-2-13(9-17(12)14)8-15-10-16(19)4-5-18(15)20/h2-5,9-10,12,21H,6-8,11H2,1H3/t12-/m1/s1. The summed E-state index contributed by atoms with van der Waals surface area (Å²) in [5, 5.41) is 3.42. The molecule has 0 fully saturated rings. The van der Waals surface area contributed by atoms with Gasteiger partial charge in [0, 0.05) is 13.0 Å². The second-order valence-corrected chi connectivity index (χ2v) is 5.80. The van der Waals surface area contributed by atoms with Gasteiger partial charge in [0.15, 0.2) is 0 Å². The van der Waals surface area contributed by atoms with Gasteiger partial charge in [-0.05, 0) is 59.3 Å². The van der Waals surface area contributed by atoms with Crippen molar-refractivity contribution in [2.75, 3.05) is 13.1 Å². The highest BCUT2D eigenvalue weighted by atomic mass is 19.1. The van der Waals surface area contributed by atoms with Crippen LogP contribution in [0.4, 0.5) is 8.78 Å². The Kier molecular flexibility index (Phi) is 4.02. The summed E-state index contributed by atoms with van der Waals surface area (Å²) in [5.41, 5.74) is 4.13. The zero-order valence-electron chi connectivity index (χ0n) is 12.1. The van der Waals surface area contributed by atoms with Crippen LogP contribution in [0.1, 0.15) is 35.1 Å². The second-order valence-electron chi connectivity index (χ2n) is 5.80. The van der Waals surface area contributed by atoms with Crippen molar-refractivity contribution < 1.29 is 8.78 Å². The van der Waals surface area contributed by atoms with Crippen LogP contribution in [-0.2, 0) is 12.8 Å². The van der Waals surface area contributed by atoms with Crippen molar-refractivity contribution in [2.24, 2.45) is 0 Å². The molecule has 21 heavy (non-hydrogen) atoms. The minimum Gasteiger partial charge on any atom is -0.316 e. The van der Waals surface area contributed by atoms with Crippen molar-refractivity contribution in [3.05, 3.63) is 70.3 Å². The van der Waals surface area contributed by atoms with Crippen molar-refractivity contribution in [3.8, 4) is 0 Å². The molecule has 0 bridgehead atoms. The van der Waals surface area contributed by atoms with Crippen LogP contribution in [-0.4, -0.2) is 13.1 Å². The van der Waals surface area contributed by atoms with Gasteiger partial charge in [-0.1, -0.05) is 25.1 Å². The monoisotopic (exact) mass is 287 g/mol. The van der Waals surface area contributed by atoms with Gasteiger partial charge in [-0.3, -0.25) is 0 Å². The molecule has 0 saturated carbocycles. The van der Waals surface area contributed by atoms with Crippen molar-refractivity contribution in [1.82, 2.24) is 5.32 Å². The van der Waals surface area contributed by atoms with E-state index < -0.39 is 5.82 Å². The maximum absolute atomic E-state index is 13.8. The van der Waals surface area contributed by atoms with Gasteiger partial charge >= 0.3 is 0 Å². The topological polar surface area (TPSA) is 12.0 Å². The van der Waals surface area contributed by atoms with E-state index in [1.54, 1.807) is 0 Å². The third-order valence-corrected chi connectivity index (χ3v) is 4.17. The Morgan fingerprint density at radius 2 is 2.00 bits per heavy atom. The summed E-state index contributed by atoms with van der Waals surface area (Å²) in [6.45, 7) is 4.16. The Morgan fingerprint density at radius 3 is 2.86 bits per heavy atom. The van der Waals surface area contributed by atoms with Gasteiger partial charge in [-0.2, -0.15) is 0 Å². The predicted octanol–water partition coefficient (Wildman–Crippen LogP) is 3.80. The third kappa shape index (κ3) is 3.13. The molecule has 0 unspecified atom stereocenters. The molecule has 0 amide bonds. The maximum Gasteiger partial charge on any atom is 0.126 e. The number of fused-ring (bicyclic) bond motifs is 1. The molecular formula is C18H19F2N. The van der Waals surface area contributed by atoms with Gasteiger partial charge < -0.3 is 5.32 Å². The van der Waals surface area contributed by atoms with Gasteiger partial charge in [-0.25, -0.2) is 8.78 Å². The molecule has 0 saturated heterocycles. The summed E-state index contributed by atoms with van der Waals surface area (Å²) < 4.78 is 27.0. The molecule has 3 heteroatoms. The van der Waals surface area contributed by atoms with Crippen molar-refractivity contribution >= 4 is 0 Å². The molecule has 0 aromatic heterocycles. The fraction of sp³-hybridized carbons (Fsp3) is 0.333. The molecule has 1 atom stereocenters. The summed E-state index contributed by atoms with van der Waals surface area (Å²) in [6, 6.07) is 9.94. The quantitative estimate of drug-likeness (QED) is 0.886. The number of halogens is 2. The van der Waals surface area contributed by atoms with E-state index in [0.717, 1.165) is 31.1 Å². The number of rotatable bonds is 2. The number of hydrogen-bond donors (Lipinski definition) is 1. The van der Waals surface area contributed by atoms with Crippen LogP contribution in [0.5, 0.6) is 0 Å². The second kappa shape index (κ2) is 5.94. The number of nitrogens with one attached hydrogen (secondary N) is 1. The highest BCUT2D eigenvalue weighted by Crippen LogP contribution is 2.25. The van der Waals surface area contributed by atoms with Gasteiger partial charge in [0.05, 0.1) is 0 Å². The highest BCUT2D eigenvalue weighted by Gasteiger charge is 2.15. The molecule has 3 rings (SSSR count). The smallest absolute Gasteiger partial charge is 0.126 e. The molecule has 2 aromatic rings. The number of benzene rings is 2. The fourth-order valence-electron chi connectivity index (χ4n) is 2.99. The van der Waals surface area contributed by atoms with E-state index in [0.29, 0.717) is 17.9 Å². The molecule has 1 N–H and O–H groups in total. The highest BCUT2D eigenvalue weighted by molar-refractivity contribution is 5.38. The van der Waals surface area contributed by atoms with Crippen molar-refractivity contribution in [3.63, 3.8) is 0 Å². The summed E-state index contributed by atoms with van der Waals surface area (Å²) >= 11 is 0. The van der Waals surface area contributed by atoms with E-state index in [9.17, 15) is 8.78 Å². The first kappa shape index (κ1) is 14.2. The molecule has 1 nitrogen and oxygen atoms in total. The van der Waals surface area contributed by atoms with Gasteiger partial charge in [0.2, 0.25) is 0 Å². The summed E-state index contributed by atoms with van der Waals surface area (Å²) in [5.74, 6) is -0.292. The van der Waals surface area contributed by atoms with Crippen LogP contribution >= 0.6 is 0 Å². The van der Waals surface area contributed by atoms with Crippen molar-refractivity contribution in [2.45, 2.75) is 25.7 Å². The Hall–Kier alpha value is -1.74. The molecule has 1 aliphatic heterocycles. The van der Waals surface area contributed by atoms with E-state index in [1.165, 1.54) is 23.3 Å². The van der Waals surface area contributed by atoms with Gasteiger partial charge in [0.1, 0.15) is 11.6 Å². The minimum atomic E-state index is -0.390. The Morgan fingerprint density at radius 1 is 1.14 bits per heavy atom. The van der Waals surface area contributed by atoms with Crippen LogP contribution < -0.4 is 5.32 Å². The first-order chi connectivity index (χ1) is 10.1. The molecular weight excluding hydrogens is 268 g/mol. The third-order valence-electron chi connectivity index (χ3n) is 4.17. The molecule has 1 aliphatic rings. The normalized spacial score (nSPS) is 18.1. The average Bonchev–Trinajstić information content (AvgIpc) is 2.65. The van der Waals surface area contributed by atoms with Gasteiger partial charge in [0.25, 0.3) is 0 Å². The molecule has 1 heterocycles. The van der Waals surface area contributed by atoms with E-state index in [-0.39, 0.29) is 5.82 Å². The van der Waals surface area contributed by atoms with Gasteiger partial charge in [-0.15, -0.1) is 0 Å². The van der Waals surface area contributed by atoms with Crippen LogP contribution in [0.25, 0.3) is 0 Å². The SMILES string of the molecule is C[C@@H]1CNCCc2ccc(Cc3cc(F)ccc3F)cc21. The molecule has 110 valence electrons. The molecule has 0 aliphatic carbocycles.